The number of nitrogens with zero attached hydrogens (tertiary/aromatic N) is 1. The largest absolute Gasteiger partial charge is 0.379 e. The number of rotatable bonds is 7. The lowest BCUT2D eigenvalue weighted by Crippen LogP contribution is -2.07. The molecule has 0 saturated heterocycles. The molecule has 2 aromatic rings. The Bertz CT molecular complexity index is 673. The third-order valence-electron chi connectivity index (χ3n) is 3.46. The highest BCUT2D eigenvalue weighted by Gasteiger charge is 2.10. The molecule has 1 N–H and O–H groups in total. The molecule has 0 aliphatic heterocycles. The Balaban J connectivity index is 2.02. The zero-order valence-electron chi connectivity index (χ0n) is 12.5. The lowest BCUT2D eigenvalue weighted by molar-refractivity contribution is 0.597. The van der Waals surface area contributed by atoms with Crippen molar-refractivity contribution in [1.82, 2.24) is 4.57 Å². The molecule has 1 heterocycles. The van der Waals surface area contributed by atoms with Gasteiger partial charge in [-0.3, -0.25) is 0 Å². The van der Waals surface area contributed by atoms with Crippen molar-refractivity contribution in [3.05, 3.63) is 48.3 Å². The first-order chi connectivity index (χ1) is 10.1. The van der Waals surface area contributed by atoms with Gasteiger partial charge >= 0.3 is 0 Å². The van der Waals surface area contributed by atoms with Crippen LogP contribution in [-0.4, -0.2) is 18.7 Å². The summed E-state index contributed by atoms with van der Waals surface area (Å²) in [5.74, 6) is 0.129. The fourth-order valence-corrected chi connectivity index (χ4v) is 3.09. The van der Waals surface area contributed by atoms with Crippen LogP contribution >= 0.6 is 0 Å². The van der Waals surface area contributed by atoms with Gasteiger partial charge in [0.05, 0.1) is 17.2 Å². The normalized spacial score (nSPS) is 11.5. The number of hydrogen-bond acceptors (Lipinski definition) is 3. The van der Waals surface area contributed by atoms with Gasteiger partial charge in [-0.15, -0.1) is 0 Å². The Kier molecular flexibility index (Phi) is 5.07. The monoisotopic (exact) mass is 306 g/mol. The van der Waals surface area contributed by atoms with Crippen LogP contribution in [0.2, 0.25) is 0 Å². The summed E-state index contributed by atoms with van der Waals surface area (Å²) in [6, 6.07) is 11.1. The highest BCUT2D eigenvalue weighted by molar-refractivity contribution is 7.91. The van der Waals surface area contributed by atoms with Gasteiger partial charge in [0.2, 0.25) is 0 Å². The number of nitrogens with one attached hydrogen (secondary N) is 1. The van der Waals surface area contributed by atoms with Crippen molar-refractivity contribution < 1.29 is 8.42 Å². The van der Waals surface area contributed by atoms with Gasteiger partial charge in [-0.25, -0.2) is 8.42 Å². The highest BCUT2D eigenvalue weighted by atomic mass is 32.2. The van der Waals surface area contributed by atoms with Crippen LogP contribution < -0.4 is 5.32 Å². The summed E-state index contributed by atoms with van der Waals surface area (Å²) in [6.07, 6.45) is 3.18. The van der Waals surface area contributed by atoms with E-state index in [4.69, 9.17) is 0 Å². The number of benzene rings is 1. The van der Waals surface area contributed by atoms with Crippen LogP contribution in [0.5, 0.6) is 0 Å². The van der Waals surface area contributed by atoms with Gasteiger partial charge < -0.3 is 9.88 Å². The van der Waals surface area contributed by atoms with Crippen molar-refractivity contribution in [2.75, 3.05) is 11.1 Å². The fraction of sp³-hybridized carbons (Fsp3) is 0.375. The Morgan fingerprint density at radius 3 is 2.43 bits per heavy atom. The van der Waals surface area contributed by atoms with Gasteiger partial charge in [0.15, 0.2) is 9.84 Å². The van der Waals surface area contributed by atoms with E-state index in [9.17, 15) is 8.42 Å². The molecule has 114 valence electrons. The lowest BCUT2D eigenvalue weighted by atomic mass is 10.3. The molecule has 0 fully saturated rings. The van der Waals surface area contributed by atoms with E-state index in [1.165, 1.54) is 5.69 Å². The predicted molar refractivity (Wildman–Crippen MR) is 86.2 cm³/mol. The SMILES string of the molecule is CCCn1cccc1CNc1ccc(S(=O)(=O)CC)cc1. The maximum absolute atomic E-state index is 11.7. The van der Waals surface area contributed by atoms with Gasteiger partial charge in [-0.1, -0.05) is 13.8 Å². The molecule has 21 heavy (non-hydrogen) atoms. The molecule has 5 heteroatoms. The van der Waals surface area contributed by atoms with Gasteiger partial charge in [0.1, 0.15) is 0 Å². The maximum Gasteiger partial charge on any atom is 0.178 e. The average Bonchev–Trinajstić information content (AvgIpc) is 2.93. The van der Waals surface area contributed by atoms with Crippen molar-refractivity contribution in [1.29, 1.82) is 0 Å². The minimum Gasteiger partial charge on any atom is -0.379 e. The smallest absolute Gasteiger partial charge is 0.178 e. The summed E-state index contributed by atoms with van der Waals surface area (Å²) in [5.41, 5.74) is 2.15. The summed E-state index contributed by atoms with van der Waals surface area (Å²) in [6.45, 7) is 5.55. The van der Waals surface area contributed by atoms with Crippen molar-refractivity contribution in [2.45, 2.75) is 38.3 Å². The molecule has 1 aromatic heterocycles. The van der Waals surface area contributed by atoms with Crippen molar-refractivity contribution >= 4 is 15.5 Å². The first-order valence-electron chi connectivity index (χ1n) is 7.27. The Labute approximate surface area is 126 Å². The van der Waals surface area contributed by atoms with Crippen LogP contribution in [0.1, 0.15) is 26.0 Å². The molecular formula is C16H22N2O2S. The van der Waals surface area contributed by atoms with Crippen LogP contribution in [0.4, 0.5) is 5.69 Å². The van der Waals surface area contributed by atoms with Gasteiger partial charge in [-0.2, -0.15) is 0 Å². The summed E-state index contributed by atoms with van der Waals surface area (Å²) in [5, 5.41) is 3.33. The number of aryl methyl sites for hydroxylation is 1. The number of hydrogen-bond donors (Lipinski definition) is 1. The number of sulfone groups is 1. The van der Waals surface area contributed by atoms with Crippen LogP contribution in [-0.2, 0) is 22.9 Å². The average molecular weight is 306 g/mol. The van der Waals surface area contributed by atoms with Crippen molar-refractivity contribution in [3.8, 4) is 0 Å². The van der Waals surface area contributed by atoms with Gasteiger partial charge in [-0.05, 0) is 42.8 Å². The van der Waals surface area contributed by atoms with Crippen LogP contribution in [0.3, 0.4) is 0 Å². The first kappa shape index (κ1) is 15.6. The molecule has 2 rings (SSSR count). The second kappa shape index (κ2) is 6.80. The van der Waals surface area contributed by atoms with Crippen LogP contribution in [0.25, 0.3) is 0 Å². The minimum atomic E-state index is -3.12. The van der Waals surface area contributed by atoms with E-state index in [0.29, 0.717) is 4.90 Å². The van der Waals surface area contributed by atoms with Crippen LogP contribution in [0.15, 0.2) is 47.5 Å². The van der Waals surface area contributed by atoms with E-state index in [0.717, 1.165) is 25.2 Å². The lowest BCUT2D eigenvalue weighted by Gasteiger charge is -2.10. The Morgan fingerprint density at radius 2 is 1.81 bits per heavy atom. The molecule has 0 amide bonds. The minimum absolute atomic E-state index is 0.129. The molecule has 0 saturated carbocycles. The molecular weight excluding hydrogens is 284 g/mol. The molecule has 0 aliphatic carbocycles. The molecule has 1 aromatic carbocycles. The van der Waals surface area contributed by atoms with E-state index in [2.05, 4.69) is 29.1 Å². The van der Waals surface area contributed by atoms with Crippen molar-refractivity contribution in [3.63, 3.8) is 0 Å². The Hall–Kier alpha value is -1.75. The maximum atomic E-state index is 11.7. The first-order valence-corrected chi connectivity index (χ1v) is 8.92. The van der Waals surface area contributed by atoms with E-state index in [-0.39, 0.29) is 5.75 Å². The second-order valence-corrected chi connectivity index (χ2v) is 7.25. The topological polar surface area (TPSA) is 51.1 Å². The fourth-order valence-electron chi connectivity index (χ4n) is 2.21. The molecule has 0 bridgehead atoms. The van der Waals surface area contributed by atoms with Crippen LogP contribution in [0, 0.1) is 0 Å². The standard InChI is InChI=1S/C16H22N2O2S/c1-3-11-18-12-5-6-15(18)13-17-14-7-9-16(10-8-14)21(19,20)4-2/h5-10,12,17H,3-4,11,13H2,1-2H3. The van der Waals surface area contributed by atoms with E-state index in [1.54, 1.807) is 19.1 Å². The second-order valence-electron chi connectivity index (χ2n) is 4.97. The van der Waals surface area contributed by atoms with E-state index in [1.807, 2.05) is 18.2 Å². The number of anilines is 1. The highest BCUT2D eigenvalue weighted by Crippen LogP contribution is 2.16. The summed E-state index contributed by atoms with van der Waals surface area (Å²) in [7, 11) is -3.12. The third-order valence-corrected chi connectivity index (χ3v) is 5.21. The molecule has 0 spiro atoms. The quantitative estimate of drug-likeness (QED) is 0.854. The summed E-state index contributed by atoms with van der Waals surface area (Å²) >= 11 is 0. The van der Waals surface area contributed by atoms with Crippen molar-refractivity contribution in [2.24, 2.45) is 0 Å². The predicted octanol–water partition coefficient (Wildman–Crippen LogP) is 3.30. The molecule has 0 radical (unpaired) electrons. The zero-order chi connectivity index (χ0) is 15.3. The number of aromatic nitrogens is 1. The van der Waals surface area contributed by atoms with Gasteiger partial charge in [0.25, 0.3) is 0 Å². The molecule has 0 unspecified atom stereocenters. The van der Waals surface area contributed by atoms with Gasteiger partial charge in [0, 0.05) is 24.1 Å². The summed E-state index contributed by atoms with van der Waals surface area (Å²) in [4.78, 5) is 0.380. The zero-order valence-corrected chi connectivity index (χ0v) is 13.4. The van der Waals surface area contributed by atoms with E-state index < -0.39 is 9.84 Å². The third kappa shape index (κ3) is 3.88. The molecule has 0 aliphatic rings. The Morgan fingerprint density at radius 1 is 1.10 bits per heavy atom. The van der Waals surface area contributed by atoms with E-state index >= 15 is 0 Å². The summed E-state index contributed by atoms with van der Waals surface area (Å²) < 4.78 is 25.7. The molecule has 4 nitrogen and oxygen atoms in total. The molecule has 0 atom stereocenters.